The second-order valence-electron chi connectivity index (χ2n) is 5.21. The maximum absolute atomic E-state index is 13.9. The molecule has 106 valence electrons. The van der Waals surface area contributed by atoms with Gasteiger partial charge in [-0.3, -0.25) is 0 Å². The minimum atomic E-state index is -0.151. The maximum Gasteiger partial charge on any atom is 0.128 e. The van der Waals surface area contributed by atoms with Crippen molar-refractivity contribution in [3.8, 4) is 0 Å². The molecule has 19 heavy (non-hydrogen) atoms. The second kappa shape index (κ2) is 6.87. The number of ether oxygens (including phenoxy) is 1. The van der Waals surface area contributed by atoms with Gasteiger partial charge in [0.15, 0.2) is 0 Å². The Morgan fingerprint density at radius 2 is 2.11 bits per heavy atom. The van der Waals surface area contributed by atoms with Crippen LogP contribution in [0.2, 0.25) is 0 Å². The molecule has 3 nitrogen and oxygen atoms in total. The minimum Gasteiger partial charge on any atom is -0.381 e. The lowest BCUT2D eigenvalue weighted by atomic mass is 9.99. The quantitative estimate of drug-likeness (QED) is 0.888. The zero-order chi connectivity index (χ0) is 13.7. The molecule has 2 rings (SSSR count). The van der Waals surface area contributed by atoms with E-state index in [4.69, 9.17) is 10.5 Å². The first-order valence-electron chi connectivity index (χ1n) is 6.98. The molecule has 0 unspecified atom stereocenters. The number of benzene rings is 1. The van der Waals surface area contributed by atoms with Crippen molar-refractivity contribution >= 4 is 5.69 Å². The predicted octanol–water partition coefficient (Wildman–Crippen LogP) is 2.19. The Kier molecular flexibility index (Phi) is 5.16. The molecule has 0 saturated carbocycles. The van der Waals surface area contributed by atoms with Crippen LogP contribution >= 0.6 is 0 Å². The average molecular weight is 266 g/mol. The third kappa shape index (κ3) is 3.67. The van der Waals surface area contributed by atoms with Crippen LogP contribution in [0.5, 0.6) is 0 Å². The van der Waals surface area contributed by atoms with E-state index < -0.39 is 0 Å². The Hall–Kier alpha value is -1.13. The first kappa shape index (κ1) is 14.3. The fraction of sp³-hybridized carbons (Fsp3) is 0.600. The summed E-state index contributed by atoms with van der Waals surface area (Å²) in [6.07, 6.45) is 2.76. The molecule has 4 heteroatoms. The largest absolute Gasteiger partial charge is 0.381 e. The number of hydrogen-bond acceptors (Lipinski definition) is 3. The van der Waals surface area contributed by atoms with E-state index in [0.29, 0.717) is 18.9 Å². The summed E-state index contributed by atoms with van der Waals surface area (Å²) >= 11 is 0. The van der Waals surface area contributed by atoms with Crippen molar-refractivity contribution in [3.63, 3.8) is 0 Å². The van der Waals surface area contributed by atoms with Gasteiger partial charge in [-0.1, -0.05) is 6.07 Å². The third-order valence-corrected chi connectivity index (χ3v) is 3.77. The van der Waals surface area contributed by atoms with Gasteiger partial charge in [0.05, 0.1) is 0 Å². The molecule has 0 bridgehead atoms. The van der Waals surface area contributed by atoms with E-state index in [1.165, 1.54) is 6.07 Å². The Bertz CT molecular complexity index is 405. The molecular weight excluding hydrogens is 243 g/mol. The van der Waals surface area contributed by atoms with Gasteiger partial charge < -0.3 is 15.4 Å². The molecule has 1 saturated heterocycles. The van der Waals surface area contributed by atoms with E-state index in [1.54, 1.807) is 6.07 Å². The van der Waals surface area contributed by atoms with Crippen LogP contribution in [-0.4, -0.2) is 33.4 Å². The van der Waals surface area contributed by atoms with Crippen molar-refractivity contribution in [2.75, 3.05) is 38.3 Å². The van der Waals surface area contributed by atoms with E-state index in [1.807, 2.05) is 13.1 Å². The number of halogens is 1. The molecule has 1 aromatic carbocycles. The summed E-state index contributed by atoms with van der Waals surface area (Å²) in [6.45, 7) is 3.11. The van der Waals surface area contributed by atoms with E-state index in [9.17, 15) is 4.39 Å². The van der Waals surface area contributed by atoms with Crippen LogP contribution in [0.4, 0.5) is 10.1 Å². The van der Waals surface area contributed by atoms with Crippen LogP contribution in [0.15, 0.2) is 18.2 Å². The zero-order valence-corrected chi connectivity index (χ0v) is 11.6. The minimum absolute atomic E-state index is 0.151. The van der Waals surface area contributed by atoms with E-state index in [0.717, 1.165) is 43.9 Å². The van der Waals surface area contributed by atoms with Crippen molar-refractivity contribution in [2.24, 2.45) is 11.7 Å². The van der Waals surface area contributed by atoms with Crippen LogP contribution < -0.4 is 10.6 Å². The molecular formula is C15H23FN2O. The highest BCUT2D eigenvalue weighted by molar-refractivity contribution is 5.53. The fourth-order valence-electron chi connectivity index (χ4n) is 2.71. The van der Waals surface area contributed by atoms with Crippen molar-refractivity contribution in [2.45, 2.75) is 19.3 Å². The number of anilines is 1. The Balaban J connectivity index is 2.08. The Morgan fingerprint density at radius 1 is 1.37 bits per heavy atom. The lowest BCUT2D eigenvalue weighted by Gasteiger charge is -2.29. The summed E-state index contributed by atoms with van der Waals surface area (Å²) in [7, 11) is 2.03. The highest BCUT2D eigenvalue weighted by Crippen LogP contribution is 2.25. The molecule has 1 heterocycles. The van der Waals surface area contributed by atoms with Gasteiger partial charge in [-0.15, -0.1) is 0 Å². The van der Waals surface area contributed by atoms with Gasteiger partial charge >= 0.3 is 0 Å². The summed E-state index contributed by atoms with van der Waals surface area (Å²) in [5.74, 6) is 0.481. The van der Waals surface area contributed by atoms with Gasteiger partial charge in [-0.25, -0.2) is 4.39 Å². The molecule has 0 atom stereocenters. The monoisotopic (exact) mass is 266 g/mol. The zero-order valence-electron chi connectivity index (χ0n) is 11.6. The number of nitrogens with zero attached hydrogens (tertiary/aromatic N) is 1. The maximum atomic E-state index is 13.9. The lowest BCUT2D eigenvalue weighted by Crippen LogP contribution is -2.30. The predicted molar refractivity (Wildman–Crippen MR) is 76.0 cm³/mol. The Morgan fingerprint density at radius 3 is 2.79 bits per heavy atom. The smallest absolute Gasteiger partial charge is 0.128 e. The van der Waals surface area contributed by atoms with Crippen molar-refractivity contribution in [1.29, 1.82) is 0 Å². The topological polar surface area (TPSA) is 38.5 Å². The Labute approximate surface area is 114 Å². The number of hydrogen-bond donors (Lipinski definition) is 1. The molecule has 0 aromatic heterocycles. The molecule has 2 N–H and O–H groups in total. The van der Waals surface area contributed by atoms with E-state index in [2.05, 4.69) is 4.90 Å². The summed E-state index contributed by atoms with van der Waals surface area (Å²) in [5, 5.41) is 0. The molecule has 0 aliphatic carbocycles. The van der Waals surface area contributed by atoms with Gasteiger partial charge in [-0.05, 0) is 43.9 Å². The summed E-state index contributed by atoms with van der Waals surface area (Å²) in [4.78, 5) is 2.16. The van der Waals surface area contributed by atoms with Gasteiger partial charge in [0, 0.05) is 38.1 Å². The van der Waals surface area contributed by atoms with Gasteiger partial charge in [0.2, 0.25) is 0 Å². The van der Waals surface area contributed by atoms with Crippen LogP contribution in [0.1, 0.15) is 18.4 Å². The molecule has 0 radical (unpaired) electrons. The fourth-order valence-corrected chi connectivity index (χ4v) is 2.71. The molecule has 0 spiro atoms. The first-order valence-corrected chi connectivity index (χ1v) is 6.98. The summed E-state index contributed by atoms with van der Waals surface area (Å²) < 4.78 is 19.2. The van der Waals surface area contributed by atoms with Gasteiger partial charge in [-0.2, -0.15) is 0 Å². The van der Waals surface area contributed by atoms with Crippen LogP contribution in [0, 0.1) is 11.7 Å². The van der Waals surface area contributed by atoms with Gasteiger partial charge in [0.25, 0.3) is 0 Å². The first-order chi connectivity index (χ1) is 9.22. The highest BCUT2D eigenvalue weighted by atomic mass is 19.1. The standard InChI is InChI=1S/C15H23FN2O/c1-18(11-12-6-9-19-10-7-12)15-4-2-3-14(16)13(15)5-8-17/h2-4,12H,5-11,17H2,1H3. The van der Waals surface area contributed by atoms with E-state index >= 15 is 0 Å². The molecule has 1 aliphatic heterocycles. The summed E-state index contributed by atoms with van der Waals surface area (Å²) in [6, 6.07) is 5.26. The van der Waals surface area contributed by atoms with Gasteiger partial charge in [0.1, 0.15) is 5.82 Å². The number of rotatable bonds is 5. The normalized spacial score (nSPS) is 16.6. The molecule has 1 aliphatic rings. The van der Waals surface area contributed by atoms with Crippen LogP contribution in [0.3, 0.4) is 0 Å². The van der Waals surface area contributed by atoms with Crippen molar-refractivity contribution in [3.05, 3.63) is 29.6 Å². The SMILES string of the molecule is CN(CC1CCOCC1)c1cccc(F)c1CCN. The second-order valence-corrected chi connectivity index (χ2v) is 5.21. The molecule has 1 aromatic rings. The molecule has 0 amide bonds. The lowest BCUT2D eigenvalue weighted by molar-refractivity contribution is 0.0685. The third-order valence-electron chi connectivity index (χ3n) is 3.77. The number of nitrogens with two attached hydrogens (primary N) is 1. The van der Waals surface area contributed by atoms with E-state index in [-0.39, 0.29) is 5.82 Å². The molecule has 1 fully saturated rings. The summed E-state index contributed by atoms with van der Waals surface area (Å²) in [5.41, 5.74) is 7.29. The highest BCUT2D eigenvalue weighted by Gasteiger charge is 2.18. The van der Waals surface area contributed by atoms with Crippen LogP contribution in [0.25, 0.3) is 0 Å². The van der Waals surface area contributed by atoms with Crippen LogP contribution in [-0.2, 0) is 11.2 Å². The van der Waals surface area contributed by atoms with Crippen molar-refractivity contribution in [1.82, 2.24) is 0 Å². The van der Waals surface area contributed by atoms with Crippen molar-refractivity contribution < 1.29 is 9.13 Å². The average Bonchev–Trinajstić information content (AvgIpc) is 2.42.